The summed E-state index contributed by atoms with van der Waals surface area (Å²) in [6.45, 7) is 0. The van der Waals surface area contributed by atoms with Crippen molar-refractivity contribution in [3.63, 3.8) is 0 Å². The highest BCUT2D eigenvalue weighted by Gasteiger charge is 2.18. The van der Waals surface area contributed by atoms with Gasteiger partial charge in [-0.05, 0) is 24.4 Å². The number of carbonyl (C=O) groups excluding carboxylic acids is 1. The molecule has 0 aliphatic heterocycles. The number of benzene rings is 2. The third-order valence-corrected chi connectivity index (χ3v) is 6.67. The van der Waals surface area contributed by atoms with Crippen LogP contribution in [0.5, 0.6) is 0 Å². The molecule has 0 saturated heterocycles. The molecule has 2 N–H and O–H groups in total. The summed E-state index contributed by atoms with van der Waals surface area (Å²) < 4.78 is 0.842. The van der Waals surface area contributed by atoms with E-state index < -0.39 is 0 Å². The maximum atomic E-state index is 12.6. The van der Waals surface area contributed by atoms with Crippen LogP contribution in [0.15, 0.2) is 53.9 Å². The molecule has 1 amide bonds. The monoisotopic (exact) mass is 463 g/mol. The van der Waals surface area contributed by atoms with Crippen molar-refractivity contribution in [1.82, 2.24) is 10.3 Å². The lowest BCUT2D eigenvalue weighted by molar-refractivity contribution is 0.0982. The van der Waals surface area contributed by atoms with Gasteiger partial charge in [-0.2, -0.15) is 0 Å². The van der Waals surface area contributed by atoms with E-state index in [1.54, 1.807) is 18.2 Å². The van der Waals surface area contributed by atoms with Gasteiger partial charge in [-0.25, -0.2) is 4.98 Å². The van der Waals surface area contributed by atoms with Crippen LogP contribution in [-0.2, 0) is 0 Å². The van der Waals surface area contributed by atoms with Crippen molar-refractivity contribution in [2.75, 3.05) is 5.32 Å². The molecule has 0 unspecified atom stereocenters. The van der Waals surface area contributed by atoms with Gasteiger partial charge in [-0.15, -0.1) is 22.7 Å². The molecule has 0 fully saturated rings. The lowest BCUT2D eigenvalue weighted by Gasteiger charge is -2.06. The van der Waals surface area contributed by atoms with Crippen LogP contribution in [0, 0.1) is 0 Å². The van der Waals surface area contributed by atoms with Crippen molar-refractivity contribution >= 4 is 84.3 Å². The number of amides is 1. The van der Waals surface area contributed by atoms with Gasteiger partial charge in [0.25, 0.3) is 5.91 Å². The molecule has 0 spiro atoms. The molecule has 140 valence electrons. The molecule has 0 radical (unpaired) electrons. The summed E-state index contributed by atoms with van der Waals surface area (Å²) in [6.07, 6.45) is 0. The highest BCUT2D eigenvalue weighted by molar-refractivity contribution is 7.80. The molecule has 9 heteroatoms. The molecule has 0 atom stereocenters. The lowest BCUT2D eigenvalue weighted by Crippen LogP contribution is -2.33. The zero-order chi connectivity index (χ0) is 19.7. The number of rotatable bonds is 3. The summed E-state index contributed by atoms with van der Waals surface area (Å²) in [5.41, 5.74) is 1.85. The van der Waals surface area contributed by atoms with E-state index in [0.29, 0.717) is 20.1 Å². The molecule has 4 nitrogen and oxygen atoms in total. The Labute approximate surface area is 184 Å². The maximum Gasteiger partial charge on any atom is 0.269 e. The van der Waals surface area contributed by atoms with E-state index in [9.17, 15) is 4.79 Å². The smallest absolute Gasteiger partial charge is 0.269 e. The first-order valence-corrected chi connectivity index (χ1v) is 10.9. The molecule has 2 heterocycles. The first-order chi connectivity index (χ1) is 13.5. The van der Waals surface area contributed by atoms with Gasteiger partial charge in [0.15, 0.2) is 10.2 Å². The average Bonchev–Trinajstić information content (AvgIpc) is 3.27. The van der Waals surface area contributed by atoms with Crippen LogP contribution in [0.3, 0.4) is 0 Å². The number of hydrogen-bond donors (Lipinski definition) is 2. The largest absolute Gasteiger partial charge is 0.308 e. The second-order valence-corrected chi connectivity index (χ2v) is 8.83. The van der Waals surface area contributed by atoms with E-state index in [2.05, 4.69) is 15.6 Å². The van der Waals surface area contributed by atoms with E-state index in [0.717, 1.165) is 21.3 Å². The minimum Gasteiger partial charge on any atom is -0.308 e. The number of anilines is 1. The normalized spacial score (nSPS) is 10.8. The Morgan fingerprint density at radius 3 is 2.68 bits per heavy atom. The van der Waals surface area contributed by atoms with Crippen LogP contribution in [0.1, 0.15) is 9.67 Å². The summed E-state index contributed by atoms with van der Waals surface area (Å²) in [5, 5.41) is 10.0. The first kappa shape index (κ1) is 19.3. The molecule has 4 aromatic rings. The van der Waals surface area contributed by atoms with Crippen molar-refractivity contribution < 1.29 is 4.79 Å². The van der Waals surface area contributed by atoms with Crippen molar-refractivity contribution in [3.8, 4) is 11.3 Å². The van der Waals surface area contributed by atoms with E-state index in [1.807, 2.05) is 35.7 Å². The van der Waals surface area contributed by atoms with Crippen LogP contribution in [0.4, 0.5) is 5.13 Å². The van der Waals surface area contributed by atoms with E-state index in [1.165, 1.54) is 22.7 Å². The van der Waals surface area contributed by atoms with Crippen LogP contribution in [0.25, 0.3) is 21.3 Å². The number of fused-ring (bicyclic) bond motifs is 1. The fraction of sp³-hybridized carbons (Fsp3) is 0. The third-order valence-electron chi connectivity index (χ3n) is 3.82. The van der Waals surface area contributed by atoms with Crippen LogP contribution in [-0.4, -0.2) is 16.0 Å². The van der Waals surface area contributed by atoms with Crippen molar-refractivity contribution in [2.45, 2.75) is 0 Å². The Morgan fingerprint density at radius 1 is 1.11 bits per heavy atom. The molecule has 0 saturated carbocycles. The molecule has 28 heavy (non-hydrogen) atoms. The Bertz CT molecular complexity index is 1190. The number of nitrogens with one attached hydrogen (secondary N) is 2. The van der Waals surface area contributed by atoms with Gasteiger partial charge in [0, 0.05) is 26.1 Å². The van der Waals surface area contributed by atoms with Crippen molar-refractivity contribution in [2.24, 2.45) is 0 Å². The lowest BCUT2D eigenvalue weighted by atomic mass is 10.2. The van der Waals surface area contributed by atoms with Gasteiger partial charge >= 0.3 is 0 Å². The minimum absolute atomic E-state index is 0.158. The summed E-state index contributed by atoms with van der Waals surface area (Å²) in [6, 6.07) is 15.1. The summed E-state index contributed by atoms with van der Waals surface area (Å²) in [4.78, 5) is 17.5. The zero-order valence-corrected chi connectivity index (χ0v) is 18.0. The second kappa shape index (κ2) is 8.14. The highest BCUT2D eigenvalue weighted by Crippen LogP contribution is 2.36. The van der Waals surface area contributed by atoms with Crippen LogP contribution < -0.4 is 10.6 Å². The summed E-state index contributed by atoms with van der Waals surface area (Å²) >= 11 is 20.3. The molecule has 2 aromatic carbocycles. The Hall–Kier alpha value is -2.03. The molecule has 2 aromatic heterocycles. The second-order valence-electron chi connectivity index (χ2n) is 5.70. The fourth-order valence-corrected chi connectivity index (χ4v) is 5.21. The number of thiophene rings is 1. The summed E-state index contributed by atoms with van der Waals surface area (Å²) in [7, 11) is 0. The standard InChI is InChI=1S/C19H11Cl2N3OS3/c20-11-6-7-12-14(8-11)28-16(15(12)21)17(25)23-18(26)24-19-22-13(9-27-19)10-4-2-1-3-5-10/h1-9H,(H2,22,23,24,25,26). The number of carbonyl (C=O) groups is 1. The van der Waals surface area contributed by atoms with Crippen molar-refractivity contribution in [1.29, 1.82) is 0 Å². The fourth-order valence-electron chi connectivity index (χ4n) is 2.55. The Morgan fingerprint density at radius 2 is 1.89 bits per heavy atom. The number of nitrogens with zero attached hydrogens (tertiary/aromatic N) is 1. The molecule has 0 bridgehead atoms. The van der Waals surface area contributed by atoms with Crippen LogP contribution >= 0.6 is 58.1 Å². The predicted molar refractivity (Wildman–Crippen MR) is 123 cm³/mol. The molecule has 0 aliphatic rings. The molecular weight excluding hydrogens is 453 g/mol. The van der Waals surface area contributed by atoms with Gasteiger partial charge in [0.05, 0.1) is 10.7 Å². The van der Waals surface area contributed by atoms with Gasteiger partial charge in [-0.1, -0.05) is 59.6 Å². The SMILES string of the molecule is O=C(NC(=S)Nc1nc(-c2ccccc2)cs1)c1sc2cc(Cl)ccc2c1Cl. The number of halogens is 2. The molecular formula is C19H11Cl2N3OS3. The quantitative estimate of drug-likeness (QED) is 0.342. The molecule has 4 rings (SSSR count). The number of aromatic nitrogens is 1. The van der Waals surface area contributed by atoms with E-state index in [4.69, 9.17) is 35.4 Å². The van der Waals surface area contributed by atoms with E-state index >= 15 is 0 Å². The molecule has 0 aliphatic carbocycles. The maximum absolute atomic E-state index is 12.6. The highest BCUT2D eigenvalue weighted by atomic mass is 35.5. The number of thiazole rings is 1. The van der Waals surface area contributed by atoms with Gasteiger partial charge in [0.1, 0.15) is 4.88 Å². The average molecular weight is 464 g/mol. The van der Waals surface area contributed by atoms with E-state index in [-0.39, 0.29) is 11.0 Å². The van der Waals surface area contributed by atoms with Gasteiger partial charge in [-0.3, -0.25) is 10.1 Å². The first-order valence-electron chi connectivity index (χ1n) is 8.02. The predicted octanol–water partition coefficient (Wildman–Crippen LogP) is 6.46. The third kappa shape index (κ3) is 4.04. The minimum atomic E-state index is -0.375. The Balaban J connectivity index is 1.46. The van der Waals surface area contributed by atoms with Gasteiger partial charge < -0.3 is 5.32 Å². The van der Waals surface area contributed by atoms with Crippen LogP contribution in [0.2, 0.25) is 10.0 Å². The van der Waals surface area contributed by atoms with Crippen molar-refractivity contribution in [3.05, 3.63) is 68.8 Å². The number of hydrogen-bond acceptors (Lipinski definition) is 5. The Kier molecular flexibility index (Phi) is 5.61. The van der Waals surface area contributed by atoms with Gasteiger partial charge in [0.2, 0.25) is 0 Å². The topological polar surface area (TPSA) is 54.0 Å². The number of thiocarbonyl (C=S) groups is 1. The zero-order valence-electron chi connectivity index (χ0n) is 14.0. The summed E-state index contributed by atoms with van der Waals surface area (Å²) in [5.74, 6) is -0.375.